The number of nitrogens with zero attached hydrogens (tertiary/aromatic N) is 1. The fourth-order valence-corrected chi connectivity index (χ4v) is 4.05. The van der Waals surface area contributed by atoms with Crippen LogP contribution >= 0.6 is 11.6 Å². The number of benzene rings is 2. The van der Waals surface area contributed by atoms with E-state index in [0.717, 1.165) is 0 Å². The van der Waals surface area contributed by atoms with Crippen LogP contribution < -0.4 is 5.73 Å². The zero-order chi connectivity index (χ0) is 21.3. The van der Waals surface area contributed by atoms with E-state index in [-0.39, 0.29) is 23.6 Å². The number of carbonyl (C=O) groups excluding carboxylic acids is 2. The van der Waals surface area contributed by atoms with Gasteiger partial charge in [-0.1, -0.05) is 24.6 Å². The summed E-state index contributed by atoms with van der Waals surface area (Å²) in [5.41, 5.74) is 7.18. The molecule has 7 heteroatoms. The van der Waals surface area contributed by atoms with Crippen LogP contribution in [0.15, 0.2) is 36.4 Å². The number of amides is 1. The fourth-order valence-electron chi connectivity index (χ4n) is 3.86. The maximum atomic E-state index is 15.0. The average Bonchev–Trinajstić information content (AvgIpc) is 2.97. The van der Waals surface area contributed by atoms with Gasteiger partial charge in [-0.3, -0.25) is 14.2 Å². The van der Waals surface area contributed by atoms with Crippen molar-refractivity contribution < 1.29 is 19.1 Å². The summed E-state index contributed by atoms with van der Waals surface area (Å²) in [4.78, 5) is 24.6. The average molecular weight is 417 g/mol. The fraction of sp³-hybridized carbons (Fsp3) is 0.273. The highest BCUT2D eigenvalue weighted by Crippen LogP contribution is 2.40. The van der Waals surface area contributed by atoms with E-state index >= 15 is 0 Å². The van der Waals surface area contributed by atoms with Gasteiger partial charge in [-0.05, 0) is 61.6 Å². The Bertz CT molecular complexity index is 1110. The molecule has 1 atom stereocenters. The van der Waals surface area contributed by atoms with Gasteiger partial charge in [0.05, 0.1) is 5.52 Å². The Labute approximate surface area is 172 Å². The second-order valence-electron chi connectivity index (χ2n) is 7.05. The van der Waals surface area contributed by atoms with E-state index in [9.17, 15) is 19.1 Å². The zero-order valence-corrected chi connectivity index (χ0v) is 17.0. The van der Waals surface area contributed by atoms with E-state index in [1.807, 2.05) is 6.92 Å². The highest BCUT2D eigenvalue weighted by atomic mass is 35.5. The van der Waals surface area contributed by atoms with E-state index in [1.165, 1.54) is 16.7 Å². The van der Waals surface area contributed by atoms with Gasteiger partial charge >= 0.3 is 0 Å². The molecule has 3 N–H and O–H groups in total. The van der Waals surface area contributed by atoms with Crippen LogP contribution in [0.5, 0.6) is 5.75 Å². The highest BCUT2D eigenvalue weighted by molar-refractivity contribution is 6.31. The first kappa shape index (κ1) is 20.9. The molecule has 1 amide bonds. The quantitative estimate of drug-likeness (QED) is 0.599. The monoisotopic (exact) mass is 416 g/mol. The maximum absolute atomic E-state index is 15.0. The summed E-state index contributed by atoms with van der Waals surface area (Å²) in [6.45, 7) is 3.66. The standard InChI is InChI=1S/C22H22ClFN2O3/c1-3-13(7-10-18(25)28)19-12(2)26(16-8-9-17(27)21(24)20(16)19)22(29)14-5-4-6-15(23)11-14/h4-6,8-9,11,13,27H,3,7,10H2,1-2H3,(H2,25,28)/t13-/m0/s1. The van der Waals surface area contributed by atoms with Gasteiger partial charge in [0.25, 0.3) is 5.91 Å². The normalized spacial score (nSPS) is 12.3. The molecule has 0 spiro atoms. The van der Waals surface area contributed by atoms with Crippen molar-refractivity contribution in [3.63, 3.8) is 0 Å². The lowest BCUT2D eigenvalue weighted by Crippen LogP contribution is -2.15. The van der Waals surface area contributed by atoms with Gasteiger partial charge in [0, 0.05) is 28.1 Å². The van der Waals surface area contributed by atoms with Gasteiger partial charge in [-0.15, -0.1) is 0 Å². The summed E-state index contributed by atoms with van der Waals surface area (Å²) in [6, 6.07) is 9.28. The first-order valence-corrected chi connectivity index (χ1v) is 9.75. The number of phenols is 1. The van der Waals surface area contributed by atoms with Crippen molar-refractivity contribution in [2.75, 3.05) is 0 Å². The lowest BCUT2D eigenvalue weighted by Gasteiger charge is -2.16. The molecule has 0 saturated carbocycles. The Kier molecular flexibility index (Phi) is 5.94. The smallest absolute Gasteiger partial charge is 0.262 e. The Morgan fingerprint density at radius 2 is 2.00 bits per heavy atom. The molecular weight excluding hydrogens is 395 g/mol. The van der Waals surface area contributed by atoms with Crippen molar-refractivity contribution in [2.24, 2.45) is 5.73 Å². The highest BCUT2D eigenvalue weighted by Gasteiger charge is 2.27. The van der Waals surface area contributed by atoms with Gasteiger partial charge in [-0.25, -0.2) is 4.39 Å². The van der Waals surface area contributed by atoms with E-state index in [1.54, 1.807) is 31.2 Å². The SMILES string of the molecule is CC[C@@H](CCC(N)=O)c1c(C)n(C(=O)c2cccc(Cl)c2)c2ccc(O)c(F)c12. The molecule has 0 aliphatic rings. The second kappa shape index (κ2) is 8.25. The van der Waals surface area contributed by atoms with Crippen molar-refractivity contribution in [1.82, 2.24) is 4.57 Å². The lowest BCUT2D eigenvalue weighted by molar-refractivity contribution is -0.118. The molecule has 3 rings (SSSR count). The molecule has 0 fully saturated rings. The van der Waals surface area contributed by atoms with E-state index in [2.05, 4.69) is 0 Å². The third kappa shape index (κ3) is 3.85. The number of halogens is 2. The summed E-state index contributed by atoms with van der Waals surface area (Å²) in [5, 5.41) is 10.6. The Morgan fingerprint density at radius 1 is 1.28 bits per heavy atom. The predicted octanol–water partition coefficient (Wildman–Crippen LogP) is 4.90. The van der Waals surface area contributed by atoms with Crippen LogP contribution in [-0.4, -0.2) is 21.5 Å². The molecule has 0 aliphatic heterocycles. The number of aromatic hydroxyl groups is 1. The second-order valence-corrected chi connectivity index (χ2v) is 7.49. The molecule has 2 aromatic carbocycles. The number of carbonyl (C=O) groups is 2. The minimum atomic E-state index is -0.782. The van der Waals surface area contributed by atoms with Crippen molar-refractivity contribution >= 4 is 34.3 Å². The summed E-state index contributed by atoms with van der Waals surface area (Å²) in [7, 11) is 0. The minimum Gasteiger partial charge on any atom is -0.505 e. The molecule has 1 heterocycles. The molecule has 0 unspecified atom stereocenters. The van der Waals surface area contributed by atoms with E-state index in [0.29, 0.717) is 40.2 Å². The molecule has 29 heavy (non-hydrogen) atoms. The van der Waals surface area contributed by atoms with E-state index in [4.69, 9.17) is 17.3 Å². The Morgan fingerprint density at radius 3 is 2.62 bits per heavy atom. The number of phenolic OH excluding ortho intramolecular Hbond substituents is 1. The third-order valence-corrected chi connectivity index (χ3v) is 5.49. The number of aromatic nitrogens is 1. The molecule has 152 valence electrons. The van der Waals surface area contributed by atoms with Crippen LogP contribution in [0, 0.1) is 12.7 Å². The first-order valence-electron chi connectivity index (χ1n) is 9.37. The summed E-state index contributed by atoms with van der Waals surface area (Å²) in [6.07, 6.45) is 1.19. The van der Waals surface area contributed by atoms with Crippen molar-refractivity contribution in [1.29, 1.82) is 0 Å². The van der Waals surface area contributed by atoms with E-state index < -0.39 is 17.5 Å². The number of primary amides is 1. The lowest BCUT2D eigenvalue weighted by atomic mass is 9.89. The van der Waals surface area contributed by atoms with Crippen LogP contribution in [-0.2, 0) is 4.79 Å². The van der Waals surface area contributed by atoms with Crippen LogP contribution in [0.3, 0.4) is 0 Å². The van der Waals surface area contributed by atoms with Crippen LogP contribution in [0.4, 0.5) is 4.39 Å². The van der Waals surface area contributed by atoms with Crippen molar-refractivity contribution in [3.8, 4) is 5.75 Å². The number of fused-ring (bicyclic) bond motifs is 1. The summed E-state index contributed by atoms with van der Waals surface area (Å²) >= 11 is 6.03. The van der Waals surface area contributed by atoms with Crippen molar-refractivity contribution in [3.05, 3.63) is 64.1 Å². The van der Waals surface area contributed by atoms with Gasteiger partial charge in [0.1, 0.15) is 0 Å². The molecular formula is C22H22ClFN2O3. The molecule has 5 nitrogen and oxygen atoms in total. The Hall–Kier alpha value is -2.86. The number of hydrogen-bond acceptors (Lipinski definition) is 3. The number of nitrogens with two attached hydrogens (primary N) is 1. The van der Waals surface area contributed by atoms with Gasteiger partial charge in [0.2, 0.25) is 5.91 Å². The van der Waals surface area contributed by atoms with Crippen molar-refractivity contribution in [2.45, 2.75) is 39.0 Å². The molecule has 0 radical (unpaired) electrons. The van der Waals surface area contributed by atoms with Gasteiger partial charge in [0.15, 0.2) is 11.6 Å². The first-order chi connectivity index (χ1) is 13.8. The minimum absolute atomic E-state index is 0.146. The topological polar surface area (TPSA) is 85.3 Å². The van der Waals surface area contributed by atoms with Gasteiger partial charge < -0.3 is 10.8 Å². The zero-order valence-electron chi connectivity index (χ0n) is 16.2. The molecule has 3 aromatic rings. The molecule has 1 aromatic heterocycles. The van der Waals surface area contributed by atoms with Crippen LogP contribution in [0.1, 0.15) is 53.7 Å². The molecule has 0 aliphatic carbocycles. The summed E-state index contributed by atoms with van der Waals surface area (Å²) in [5.74, 6) is -2.26. The number of hydrogen-bond donors (Lipinski definition) is 2. The third-order valence-electron chi connectivity index (χ3n) is 5.25. The number of rotatable bonds is 6. The van der Waals surface area contributed by atoms with Crippen LogP contribution in [0.25, 0.3) is 10.9 Å². The maximum Gasteiger partial charge on any atom is 0.262 e. The van der Waals surface area contributed by atoms with Crippen LogP contribution in [0.2, 0.25) is 5.02 Å². The molecule has 0 saturated heterocycles. The van der Waals surface area contributed by atoms with Gasteiger partial charge in [-0.2, -0.15) is 0 Å². The molecule has 0 bridgehead atoms. The largest absolute Gasteiger partial charge is 0.505 e. The predicted molar refractivity (Wildman–Crippen MR) is 111 cm³/mol. The summed E-state index contributed by atoms with van der Waals surface area (Å²) < 4.78 is 16.4. The Balaban J connectivity index is 2.27.